The molecule has 4 heteroatoms. The Bertz CT molecular complexity index is 326. The Labute approximate surface area is 104 Å². The van der Waals surface area contributed by atoms with E-state index in [-0.39, 0.29) is 0 Å². The van der Waals surface area contributed by atoms with Crippen molar-refractivity contribution in [2.45, 2.75) is 32.2 Å². The maximum atomic E-state index is 4.37. The molecule has 0 radical (unpaired) electrons. The van der Waals surface area contributed by atoms with Gasteiger partial charge in [-0.15, -0.1) is 0 Å². The average molecular weight is 236 g/mol. The van der Waals surface area contributed by atoms with Gasteiger partial charge in [0.15, 0.2) is 0 Å². The molecule has 1 aliphatic heterocycles. The summed E-state index contributed by atoms with van der Waals surface area (Å²) in [7, 11) is 2.07. The van der Waals surface area contributed by atoms with Crippen LogP contribution in [0.3, 0.4) is 0 Å². The second-order valence-electron chi connectivity index (χ2n) is 4.88. The van der Waals surface area contributed by atoms with Crippen molar-refractivity contribution in [2.24, 2.45) is 7.05 Å². The van der Waals surface area contributed by atoms with Crippen molar-refractivity contribution < 1.29 is 0 Å². The molecule has 0 atom stereocenters. The standard InChI is InChI=1S/C13H24N4/c1-3-14-12-4-8-17(9-5-12)10-6-13-15-7-11-16(13)2/h7,11-12,14H,3-6,8-10H2,1-2H3. The first-order valence-electron chi connectivity index (χ1n) is 6.71. The van der Waals surface area contributed by atoms with Gasteiger partial charge in [0.2, 0.25) is 0 Å². The molecule has 2 heterocycles. The number of hydrogen-bond acceptors (Lipinski definition) is 3. The van der Waals surface area contributed by atoms with E-state index in [1.54, 1.807) is 0 Å². The third-order valence-corrected chi connectivity index (χ3v) is 3.65. The van der Waals surface area contributed by atoms with Gasteiger partial charge in [-0.05, 0) is 32.5 Å². The van der Waals surface area contributed by atoms with Crippen molar-refractivity contribution in [3.63, 3.8) is 0 Å². The van der Waals surface area contributed by atoms with Crippen molar-refractivity contribution in [3.8, 4) is 0 Å². The van der Waals surface area contributed by atoms with Crippen molar-refractivity contribution in [2.75, 3.05) is 26.2 Å². The second kappa shape index (κ2) is 6.17. The summed E-state index contributed by atoms with van der Waals surface area (Å²) in [6.45, 7) is 6.87. The molecule has 96 valence electrons. The summed E-state index contributed by atoms with van der Waals surface area (Å²) in [5, 5.41) is 3.54. The predicted molar refractivity (Wildman–Crippen MR) is 70.1 cm³/mol. The van der Waals surface area contributed by atoms with Gasteiger partial charge in [-0.3, -0.25) is 0 Å². The van der Waals surface area contributed by atoms with E-state index >= 15 is 0 Å². The molecule has 4 nitrogen and oxygen atoms in total. The van der Waals surface area contributed by atoms with E-state index < -0.39 is 0 Å². The first kappa shape index (κ1) is 12.6. The van der Waals surface area contributed by atoms with Gasteiger partial charge in [0, 0.05) is 38.4 Å². The molecule has 2 rings (SSSR count). The maximum absolute atomic E-state index is 4.37. The summed E-state index contributed by atoms with van der Waals surface area (Å²) in [6, 6.07) is 0.740. The van der Waals surface area contributed by atoms with Gasteiger partial charge in [0.25, 0.3) is 0 Å². The molecule has 1 saturated heterocycles. The molecule has 0 unspecified atom stereocenters. The van der Waals surface area contributed by atoms with Crippen molar-refractivity contribution in [1.29, 1.82) is 0 Å². The van der Waals surface area contributed by atoms with E-state index in [0.29, 0.717) is 0 Å². The normalized spacial score (nSPS) is 18.7. The fourth-order valence-corrected chi connectivity index (χ4v) is 2.54. The smallest absolute Gasteiger partial charge is 0.109 e. The molecule has 0 amide bonds. The van der Waals surface area contributed by atoms with Crippen LogP contribution in [-0.4, -0.2) is 46.7 Å². The lowest BCUT2D eigenvalue weighted by Crippen LogP contribution is -2.43. The maximum Gasteiger partial charge on any atom is 0.109 e. The van der Waals surface area contributed by atoms with Crippen LogP contribution in [0.5, 0.6) is 0 Å². The molecule has 0 spiro atoms. The van der Waals surface area contributed by atoms with Gasteiger partial charge in [-0.1, -0.05) is 6.92 Å². The van der Waals surface area contributed by atoms with Crippen molar-refractivity contribution >= 4 is 0 Å². The Morgan fingerprint density at radius 2 is 2.18 bits per heavy atom. The van der Waals surface area contributed by atoms with Crippen LogP contribution in [0.25, 0.3) is 0 Å². The van der Waals surface area contributed by atoms with Crippen LogP contribution in [-0.2, 0) is 13.5 Å². The Kier molecular flexibility index (Phi) is 4.57. The zero-order valence-electron chi connectivity index (χ0n) is 11.0. The highest BCUT2D eigenvalue weighted by molar-refractivity contribution is 4.92. The fourth-order valence-electron chi connectivity index (χ4n) is 2.54. The number of nitrogens with zero attached hydrogens (tertiary/aromatic N) is 3. The van der Waals surface area contributed by atoms with E-state index in [1.807, 2.05) is 12.4 Å². The minimum absolute atomic E-state index is 0.740. The molecule has 17 heavy (non-hydrogen) atoms. The van der Waals surface area contributed by atoms with Crippen molar-refractivity contribution in [1.82, 2.24) is 19.8 Å². The van der Waals surface area contributed by atoms with Crippen LogP contribution in [0.4, 0.5) is 0 Å². The van der Waals surface area contributed by atoms with Gasteiger partial charge in [-0.25, -0.2) is 4.98 Å². The van der Waals surface area contributed by atoms with E-state index in [4.69, 9.17) is 0 Å². The largest absolute Gasteiger partial charge is 0.338 e. The topological polar surface area (TPSA) is 33.1 Å². The Morgan fingerprint density at radius 1 is 1.41 bits per heavy atom. The van der Waals surface area contributed by atoms with Crippen LogP contribution in [0.2, 0.25) is 0 Å². The molecular formula is C13H24N4. The highest BCUT2D eigenvalue weighted by Crippen LogP contribution is 2.10. The number of rotatable bonds is 5. The number of aryl methyl sites for hydroxylation is 1. The molecule has 0 saturated carbocycles. The minimum atomic E-state index is 0.740. The number of imidazole rings is 1. The van der Waals surface area contributed by atoms with Gasteiger partial charge in [0.1, 0.15) is 5.82 Å². The molecule has 0 bridgehead atoms. The number of hydrogen-bond donors (Lipinski definition) is 1. The highest BCUT2D eigenvalue weighted by Gasteiger charge is 2.18. The van der Waals surface area contributed by atoms with Crippen LogP contribution in [0, 0.1) is 0 Å². The predicted octanol–water partition coefficient (Wildman–Crippen LogP) is 1.04. The number of aromatic nitrogens is 2. The van der Waals surface area contributed by atoms with Crippen molar-refractivity contribution in [3.05, 3.63) is 18.2 Å². The van der Waals surface area contributed by atoms with Gasteiger partial charge >= 0.3 is 0 Å². The number of piperidine rings is 1. The Hall–Kier alpha value is -0.870. The number of nitrogens with one attached hydrogen (secondary N) is 1. The first-order chi connectivity index (χ1) is 8.29. The van der Waals surface area contributed by atoms with Gasteiger partial charge < -0.3 is 14.8 Å². The number of likely N-dealkylation sites (tertiary alicyclic amines) is 1. The minimum Gasteiger partial charge on any atom is -0.338 e. The molecule has 1 fully saturated rings. The van der Waals surface area contributed by atoms with E-state index in [0.717, 1.165) is 25.6 Å². The van der Waals surface area contributed by atoms with Gasteiger partial charge in [-0.2, -0.15) is 0 Å². The summed E-state index contributed by atoms with van der Waals surface area (Å²) in [5.41, 5.74) is 0. The molecule has 1 N–H and O–H groups in total. The SMILES string of the molecule is CCNC1CCN(CCc2nccn2C)CC1. The van der Waals surface area contributed by atoms with Gasteiger partial charge in [0.05, 0.1) is 0 Å². The zero-order valence-corrected chi connectivity index (χ0v) is 11.0. The lowest BCUT2D eigenvalue weighted by molar-refractivity contribution is 0.199. The van der Waals surface area contributed by atoms with Crippen LogP contribution < -0.4 is 5.32 Å². The summed E-state index contributed by atoms with van der Waals surface area (Å²) >= 11 is 0. The monoisotopic (exact) mass is 236 g/mol. The molecule has 1 aromatic rings. The third kappa shape index (κ3) is 3.54. The molecule has 1 aromatic heterocycles. The lowest BCUT2D eigenvalue weighted by atomic mass is 10.0. The Morgan fingerprint density at radius 3 is 2.76 bits per heavy atom. The average Bonchev–Trinajstić information content (AvgIpc) is 2.75. The van der Waals surface area contributed by atoms with E-state index in [9.17, 15) is 0 Å². The quantitative estimate of drug-likeness (QED) is 0.829. The Balaban J connectivity index is 1.70. The summed E-state index contributed by atoms with van der Waals surface area (Å²) in [4.78, 5) is 6.93. The summed E-state index contributed by atoms with van der Waals surface area (Å²) in [5.74, 6) is 1.19. The molecule has 0 aliphatic carbocycles. The lowest BCUT2D eigenvalue weighted by Gasteiger charge is -2.32. The molecule has 0 aromatic carbocycles. The van der Waals surface area contributed by atoms with E-state index in [1.165, 1.54) is 31.8 Å². The first-order valence-corrected chi connectivity index (χ1v) is 6.71. The highest BCUT2D eigenvalue weighted by atomic mass is 15.1. The summed E-state index contributed by atoms with van der Waals surface area (Å²) in [6.07, 6.45) is 7.54. The zero-order chi connectivity index (χ0) is 12.1. The molecular weight excluding hydrogens is 212 g/mol. The van der Waals surface area contributed by atoms with Crippen LogP contribution in [0.15, 0.2) is 12.4 Å². The summed E-state index contributed by atoms with van der Waals surface area (Å²) < 4.78 is 2.12. The third-order valence-electron chi connectivity index (χ3n) is 3.65. The fraction of sp³-hybridized carbons (Fsp3) is 0.769. The molecule has 1 aliphatic rings. The second-order valence-corrected chi connectivity index (χ2v) is 4.88. The van der Waals surface area contributed by atoms with Crippen LogP contribution >= 0.6 is 0 Å². The van der Waals surface area contributed by atoms with Crippen LogP contribution in [0.1, 0.15) is 25.6 Å². The van der Waals surface area contributed by atoms with E-state index in [2.05, 4.69) is 33.7 Å².